The second-order valence-corrected chi connectivity index (χ2v) is 4.11. The van der Waals surface area contributed by atoms with E-state index in [4.69, 9.17) is 15.7 Å². The number of oxime groups is 1. The van der Waals surface area contributed by atoms with Crippen molar-refractivity contribution in [3.8, 4) is 11.5 Å². The van der Waals surface area contributed by atoms with E-state index in [0.29, 0.717) is 11.3 Å². The molecule has 0 aromatic heterocycles. The molecule has 0 aliphatic heterocycles. The number of halogens is 2. The number of benzene rings is 2. The second kappa shape index (κ2) is 5.56. The molecule has 0 unspecified atom stereocenters. The number of rotatable bonds is 3. The molecule has 0 saturated carbocycles. The first-order valence-corrected chi connectivity index (χ1v) is 5.73. The fourth-order valence-corrected chi connectivity index (χ4v) is 1.73. The lowest BCUT2D eigenvalue weighted by Gasteiger charge is -2.12. The molecule has 2 rings (SSSR count). The Labute approximate surface area is 114 Å². The zero-order chi connectivity index (χ0) is 14.7. The van der Waals surface area contributed by atoms with Gasteiger partial charge < -0.3 is 15.7 Å². The van der Waals surface area contributed by atoms with Crippen molar-refractivity contribution in [2.75, 3.05) is 0 Å². The Morgan fingerprint density at radius 2 is 1.95 bits per heavy atom. The van der Waals surface area contributed by atoms with Crippen LogP contribution in [0.4, 0.5) is 8.78 Å². The number of amidine groups is 1. The van der Waals surface area contributed by atoms with Crippen LogP contribution < -0.4 is 10.5 Å². The van der Waals surface area contributed by atoms with Crippen molar-refractivity contribution in [2.45, 2.75) is 6.92 Å². The third-order valence-electron chi connectivity index (χ3n) is 2.70. The molecule has 0 atom stereocenters. The van der Waals surface area contributed by atoms with Crippen LogP contribution in [0.5, 0.6) is 11.5 Å². The van der Waals surface area contributed by atoms with Gasteiger partial charge in [-0.05, 0) is 42.8 Å². The highest BCUT2D eigenvalue weighted by atomic mass is 19.1. The molecule has 0 bridgehead atoms. The summed E-state index contributed by atoms with van der Waals surface area (Å²) in [5, 5.41) is 11.5. The zero-order valence-electron chi connectivity index (χ0n) is 10.6. The molecule has 0 radical (unpaired) electrons. The fourth-order valence-electron chi connectivity index (χ4n) is 1.73. The van der Waals surface area contributed by atoms with E-state index >= 15 is 0 Å². The van der Waals surface area contributed by atoms with Crippen LogP contribution in [0.15, 0.2) is 41.6 Å². The van der Waals surface area contributed by atoms with Gasteiger partial charge in [0.1, 0.15) is 23.1 Å². The second-order valence-electron chi connectivity index (χ2n) is 4.11. The molecule has 104 valence electrons. The quantitative estimate of drug-likeness (QED) is 0.392. The van der Waals surface area contributed by atoms with Gasteiger partial charge in [-0.15, -0.1) is 0 Å². The molecule has 4 nitrogen and oxygen atoms in total. The maximum atomic E-state index is 13.7. The highest BCUT2D eigenvalue weighted by Gasteiger charge is 2.15. The Balaban J connectivity index is 2.46. The van der Waals surface area contributed by atoms with E-state index in [1.807, 2.05) is 0 Å². The van der Waals surface area contributed by atoms with Gasteiger partial charge in [0.15, 0.2) is 5.84 Å². The molecule has 0 spiro atoms. The van der Waals surface area contributed by atoms with Gasteiger partial charge >= 0.3 is 0 Å². The van der Waals surface area contributed by atoms with E-state index < -0.39 is 17.5 Å². The van der Waals surface area contributed by atoms with Crippen LogP contribution in [0, 0.1) is 18.6 Å². The molecule has 0 amide bonds. The maximum Gasteiger partial charge on any atom is 0.176 e. The molecule has 0 fully saturated rings. The van der Waals surface area contributed by atoms with Crippen molar-refractivity contribution < 1.29 is 18.7 Å². The van der Waals surface area contributed by atoms with E-state index in [9.17, 15) is 8.78 Å². The zero-order valence-corrected chi connectivity index (χ0v) is 10.6. The van der Waals surface area contributed by atoms with E-state index in [1.54, 1.807) is 6.92 Å². The number of ether oxygens (including phenoxy) is 1. The minimum Gasteiger partial charge on any atom is -0.456 e. The van der Waals surface area contributed by atoms with E-state index in [1.165, 1.54) is 30.3 Å². The van der Waals surface area contributed by atoms with Crippen LogP contribution in [0.1, 0.15) is 11.1 Å². The van der Waals surface area contributed by atoms with Gasteiger partial charge in [-0.3, -0.25) is 0 Å². The van der Waals surface area contributed by atoms with Gasteiger partial charge in [-0.25, -0.2) is 8.78 Å². The van der Waals surface area contributed by atoms with Crippen molar-refractivity contribution >= 4 is 5.84 Å². The SMILES string of the molecule is Cc1cc(F)ccc1Oc1cccc(F)c1/C(N)=N/O. The summed E-state index contributed by atoms with van der Waals surface area (Å²) >= 11 is 0. The van der Waals surface area contributed by atoms with Gasteiger partial charge in [0.05, 0.1) is 5.56 Å². The lowest BCUT2D eigenvalue weighted by molar-refractivity contribution is 0.318. The molecule has 0 heterocycles. The average molecular weight is 278 g/mol. The number of nitrogens with two attached hydrogens (primary N) is 1. The molecule has 0 aliphatic carbocycles. The number of hydrogen-bond donors (Lipinski definition) is 2. The van der Waals surface area contributed by atoms with Gasteiger partial charge in [0, 0.05) is 0 Å². The van der Waals surface area contributed by atoms with Crippen LogP contribution in [-0.2, 0) is 0 Å². The Bertz CT molecular complexity index is 672. The first kappa shape index (κ1) is 13.8. The van der Waals surface area contributed by atoms with Crippen LogP contribution in [0.3, 0.4) is 0 Å². The maximum absolute atomic E-state index is 13.7. The molecule has 2 aromatic rings. The van der Waals surface area contributed by atoms with Gasteiger partial charge in [0.25, 0.3) is 0 Å². The van der Waals surface area contributed by atoms with Crippen molar-refractivity contribution in [2.24, 2.45) is 10.9 Å². The first-order chi connectivity index (χ1) is 9.52. The minimum atomic E-state index is -0.683. The summed E-state index contributed by atoms with van der Waals surface area (Å²) in [5.41, 5.74) is 5.82. The molecule has 3 N–H and O–H groups in total. The number of hydrogen-bond acceptors (Lipinski definition) is 3. The van der Waals surface area contributed by atoms with Gasteiger partial charge in [0.2, 0.25) is 0 Å². The topological polar surface area (TPSA) is 67.8 Å². The number of aryl methyl sites for hydroxylation is 1. The van der Waals surface area contributed by atoms with Crippen LogP contribution >= 0.6 is 0 Å². The molecule has 0 saturated heterocycles. The van der Waals surface area contributed by atoms with E-state index in [2.05, 4.69) is 5.16 Å². The Kier molecular flexibility index (Phi) is 3.84. The summed E-state index contributed by atoms with van der Waals surface area (Å²) in [5.74, 6) is -1.06. The summed E-state index contributed by atoms with van der Waals surface area (Å²) in [7, 11) is 0. The van der Waals surface area contributed by atoms with Crippen LogP contribution in [-0.4, -0.2) is 11.0 Å². The Morgan fingerprint density at radius 3 is 2.60 bits per heavy atom. The van der Waals surface area contributed by atoms with Crippen molar-refractivity contribution in [1.29, 1.82) is 0 Å². The van der Waals surface area contributed by atoms with Crippen LogP contribution in [0.25, 0.3) is 0 Å². The highest BCUT2D eigenvalue weighted by molar-refractivity contribution is 5.99. The monoisotopic (exact) mass is 278 g/mol. The molecule has 20 heavy (non-hydrogen) atoms. The van der Waals surface area contributed by atoms with E-state index in [-0.39, 0.29) is 11.3 Å². The third kappa shape index (κ3) is 2.69. The predicted molar refractivity (Wildman–Crippen MR) is 70.1 cm³/mol. The van der Waals surface area contributed by atoms with Crippen LogP contribution in [0.2, 0.25) is 0 Å². The average Bonchev–Trinajstić information content (AvgIpc) is 2.41. The molecule has 2 aromatic carbocycles. The van der Waals surface area contributed by atoms with Crippen molar-refractivity contribution in [3.63, 3.8) is 0 Å². The lowest BCUT2D eigenvalue weighted by Crippen LogP contribution is -2.16. The standard InChI is InChI=1S/C14H12F2N2O2/c1-8-7-9(15)5-6-11(8)20-12-4-2-3-10(16)13(12)14(17)18-19/h2-7,19H,1H3,(H2,17,18). The van der Waals surface area contributed by atoms with Gasteiger partial charge in [-0.1, -0.05) is 11.2 Å². The van der Waals surface area contributed by atoms with Crippen molar-refractivity contribution in [1.82, 2.24) is 0 Å². The Hall–Kier alpha value is -2.63. The smallest absolute Gasteiger partial charge is 0.176 e. The molecular formula is C14H12F2N2O2. The summed E-state index contributed by atoms with van der Waals surface area (Å²) in [4.78, 5) is 0. The third-order valence-corrected chi connectivity index (χ3v) is 2.70. The fraction of sp³-hybridized carbons (Fsp3) is 0.0714. The summed E-state index contributed by atoms with van der Waals surface area (Å²) in [6.07, 6.45) is 0. The Morgan fingerprint density at radius 1 is 1.20 bits per heavy atom. The summed E-state index contributed by atoms with van der Waals surface area (Å²) in [6.45, 7) is 1.65. The summed E-state index contributed by atoms with van der Waals surface area (Å²) < 4.78 is 32.3. The number of nitrogens with zero attached hydrogens (tertiary/aromatic N) is 1. The normalized spacial score (nSPS) is 11.4. The van der Waals surface area contributed by atoms with E-state index in [0.717, 1.165) is 6.07 Å². The van der Waals surface area contributed by atoms with Gasteiger partial charge in [-0.2, -0.15) is 0 Å². The first-order valence-electron chi connectivity index (χ1n) is 5.73. The molecular weight excluding hydrogens is 266 g/mol. The molecule has 0 aliphatic rings. The highest BCUT2D eigenvalue weighted by Crippen LogP contribution is 2.29. The summed E-state index contributed by atoms with van der Waals surface area (Å²) in [6, 6.07) is 8.00. The minimum absolute atomic E-state index is 0.0787. The van der Waals surface area contributed by atoms with Crippen molar-refractivity contribution in [3.05, 3.63) is 59.2 Å². The largest absolute Gasteiger partial charge is 0.456 e. The molecule has 6 heteroatoms. The predicted octanol–water partition coefficient (Wildman–Crippen LogP) is 3.16. The lowest BCUT2D eigenvalue weighted by atomic mass is 10.1.